The van der Waals surface area contributed by atoms with E-state index in [9.17, 15) is 22.8 Å². The second-order valence-corrected chi connectivity index (χ2v) is 6.71. The first-order chi connectivity index (χ1) is 12.7. The first-order valence-corrected chi connectivity index (χ1v) is 9.02. The van der Waals surface area contributed by atoms with Crippen molar-refractivity contribution in [2.24, 2.45) is 5.92 Å². The molecule has 1 aromatic rings. The van der Waals surface area contributed by atoms with Crippen LogP contribution in [0.1, 0.15) is 57.1 Å². The van der Waals surface area contributed by atoms with Crippen LogP contribution >= 0.6 is 0 Å². The lowest BCUT2D eigenvalue weighted by Gasteiger charge is -2.28. The molecule has 0 aromatic heterocycles. The Morgan fingerprint density at radius 2 is 1.89 bits per heavy atom. The van der Waals surface area contributed by atoms with Gasteiger partial charge in [0.25, 0.3) is 0 Å². The standard InChI is InChI=1S/C20H24F3NO3/c1-4-13(5-2)11-27-19(26)18-12(3)24-17(25)10-15(18)14-8-6-7-9-16(14)20(21,22)23/h6-9,13,15H,4-5,10-11H2,1-3H3,(H,24,25)/t15-/m1/s1. The average Bonchev–Trinajstić information content (AvgIpc) is 2.61. The molecular formula is C20H24F3NO3. The second-order valence-electron chi connectivity index (χ2n) is 6.71. The molecule has 0 saturated carbocycles. The van der Waals surface area contributed by atoms with Gasteiger partial charge in [0.2, 0.25) is 5.91 Å². The van der Waals surface area contributed by atoms with Crippen LogP contribution in [0.3, 0.4) is 0 Å². The van der Waals surface area contributed by atoms with Gasteiger partial charge in [0.1, 0.15) is 0 Å². The number of halogens is 3. The zero-order valence-electron chi connectivity index (χ0n) is 15.7. The van der Waals surface area contributed by atoms with E-state index in [4.69, 9.17) is 4.74 Å². The van der Waals surface area contributed by atoms with Crippen molar-refractivity contribution in [2.75, 3.05) is 6.61 Å². The van der Waals surface area contributed by atoms with Gasteiger partial charge in [-0.15, -0.1) is 0 Å². The molecule has 2 rings (SSSR count). The summed E-state index contributed by atoms with van der Waals surface area (Å²) in [6, 6.07) is 5.04. The molecule has 4 nitrogen and oxygen atoms in total. The molecule has 1 aromatic carbocycles. The fourth-order valence-electron chi connectivity index (χ4n) is 3.29. The van der Waals surface area contributed by atoms with Gasteiger partial charge in [-0.2, -0.15) is 13.2 Å². The van der Waals surface area contributed by atoms with Gasteiger partial charge in [-0.25, -0.2) is 4.79 Å². The van der Waals surface area contributed by atoms with Crippen LogP contribution in [0, 0.1) is 5.92 Å². The summed E-state index contributed by atoms with van der Waals surface area (Å²) < 4.78 is 45.7. The number of ether oxygens (including phenoxy) is 1. The molecule has 1 heterocycles. The van der Waals surface area contributed by atoms with Crippen LogP contribution in [0.5, 0.6) is 0 Å². The third-order valence-electron chi connectivity index (χ3n) is 4.94. The Morgan fingerprint density at radius 3 is 2.48 bits per heavy atom. The van der Waals surface area contributed by atoms with Crippen molar-refractivity contribution in [2.45, 2.75) is 52.1 Å². The van der Waals surface area contributed by atoms with Crippen LogP contribution < -0.4 is 5.32 Å². The van der Waals surface area contributed by atoms with Gasteiger partial charge in [-0.1, -0.05) is 44.9 Å². The van der Waals surface area contributed by atoms with Crippen molar-refractivity contribution >= 4 is 11.9 Å². The summed E-state index contributed by atoms with van der Waals surface area (Å²) in [4.78, 5) is 24.7. The quantitative estimate of drug-likeness (QED) is 0.733. The first kappa shape index (κ1) is 21.0. The SMILES string of the molecule is CCC(CC)COC(=O)C1=C(C)NC(=O)C[C@@H]1c1ccccc1C(F)(F)F. The van der Waals surface area contributed by atoms with E-state index in [1.807, 2.05) is 13.8 Å². The zero-order valence-corrected chi connectivity index (χ0v) is 15.7. The molecule has 148 valence electrons. The lowest BCUT2D eigenvalue weighted by atomic mass is 9.82. The van der Waals surface area contributed by atoms with Crippen LogP contribution in [-0.4, -0.2) is 18.5 Å². The lowest BCUT2D eigenvalue weighted by Crippen LogP contribution is -2.35. The minimum Gasteiger partial charge on any atom is -0.462 e. The minimum absolute atomic E-state index is 0.0808. The van der Waals surface area contributed by atoms with Gasteiger partial charge in [-0.3, -0.25) is 4.79 Å². The van der Waals surface area contributed by atoms with Gasteiger partial charge in [0.05, 0.1) is 17.7 Å². The molecule has 27 heavy (non-hydrogen) atoms. The summed E-state index contributed by atoms with van der Waals surface area (Å²) in [6.45, 7) is 5.67. The Balaban J connectivity index is 2.41. The summed E-state index contributed by atoms with van der Waals surface area (Å²) in [6.07, 6.45) is -3.15. The van der Waals surface area contributed by atoms with Crippen LogP contribution in [-0.2, 0) is 20.5 Å². The number of nitrogens with one attached hydrogen (secondary N) is 1. The van der Waals surface area contributed by atoms with Crippen LogP contribution in [0.15, 0.2) is 35.5 Å². The Hall–Kier alpha value is -2.31. The molecular weight excluding hydrogens is 359 g/mol. The van der Waals surface area contributed by atoms with E-state index in [-0.39, 0.29) is 35.8 Å². The maximum atomic E-state index is 13.4. The monoisotopic (exact) mass is 383 g/mol. The second kappa shape index (κ2) is 8.59. The molecule has 0 unspecified atom stereocenters. The third-order valence-corrected chi connectivity index (χ3v) is 4.94. The predicted octanol–water partition coefficient (Wildman–Crippen LogP) is 4.56. The van der Waals surface area contributed by atoms with E-state index in [1.165, 1.54) is 25.1 Å². The Bertz CT molecular complexity index is 736. The number of rotatable bonds is 6. The predicted molar refractivity (Wildman–Crippen MR) is 94.7 cm³/mol. The van der Waals surface area contributed by atoms with Crippen molar-refractivity contribution in [1.29, 1.82) is 0 Å². The topological polar surface area (TPSA) is 55.4 Å². The largest absolute Gasteiger partial charge is 0.462 e. The maximum Gasteiger partial charge on any atom is 0.416 e. The van der Waals surface area contributed by atoms with E-state index >= 15 is 0 Å². The van der Waals surface area contributed by atoms with E-state index in [0.29, 0.717) is 0 Å². The Labute approximate surface area is 156 Å². The van der Waals surface area contributed by atoms with Gasteiger partial charge < -0.3 is 10.1 Å². The summed E-state index contributed by atoms with van der Waals surface area (Å²) in [5.41, 5.74) is -0.614. The molecule has 1 aliphatic heterocycles. The van der Waals surface area contributed by atoms with Crippen molar-refractivity contribution < 1.29 is 27.5 Å². The summed E-state index contributed by atoms with van der Waals surface area (Å²) in [5.74, 6) is -1.91. The highest BCUT2D eigenvalue weighted by molar-refractivity contribution is 5.96. The summed E-state index contributed by atoms with van der Waals surface area (Å²) in [7, 11) is 0. The summed E-state index contributed by atoms with van der Waals surface area (Å²) in [5, 5.41) is 2.54. The molecule has 0 bridgehead atoms. The maximum absolute atomic E-state index is 13.4. The van der Waals surface area contributed by atoms with Crippen LogP contribution in [0.2, 0.25) is 0 Å². The first-order valence-electron chi connectivity index (χ1n) is 9.02. The lowest BCUT2D eigenvalue weighted by molar-refractivity contribution is -0.142. The van der Waals surface area contributed by atoms with Crippen molar-refractivity contribution in [3.8, 4) is 0 Å². The van der Waals surface area contributed by atoms with Crippen molar-refractivity contribution in [3.63, 3.8) is 0 Å². The fourth-order valence-corrected chi connectivity index (χ4v) is 3.29. The van der Waals surface area contributed by atoms with Gasteiger partial charge >= 0.3 is 12.1 Å². The molecule has 0 spiro atoms. The van der Waals surface area contributed by atoms with E-state index in [1.54, 1.807) is 0 Å². The van der Waals surface area contributed by atoms with E-state index < -0.39 is 29.5 Å². The highest BCUT2D eigenvalue weighted by Gasteiger charge is 2.40. The highest BCUT2D eigenvalue weighted by Crippen LogP contribution is 2.41. The summed E-state index contributed by atoms with van der Waals surface area (Å²) >= 11 is 0. The van der Waals surface area contributed by atoms with Crippen LogP contribution in [0.4, 0.5) is 13.2 Å². The van der Waals surface area contributed by atoms with E-state index in [2.05, 4.69) is 5.32 Å². The zero-order chi connectivity index (χ0) is 20.2. The number of esters is 1. The molecule has 0 fully saturated rings. The number of allylic oxidation sites excluding steroid dienone is 1. The normalized spacial score (nSPS) is 17.9. The molecule has 1 amide bonds. The van der Waals surface area contributed by atoms with Crippen LogP contribution in [0.25, 0.3) is 0 Å². The molecule has 1 N–H and O–H groups in total. The van der Waals surface area contributed by atoms with Crippen molar-refractivity contribution in [3.05, 3.63) is 46.7 Å². The average molecular weight is 383 g/mol. The third kappa shape index (κ3) is 4.90. The number of carbonyl (C=O) groups is 2. The van der Waals surface area contributed by atoms with Gasteiger partial charge in [-0.05, 0) is 24.5 Å². The number of amides is 1. The van der Waals surface area contributed by atoms with Gasteiger partial charge in [0.15, 0.2) is 0 Å². The molecule has 0 saturated heterocycles. The molecule has 0 aliphatic carbocycles. The Kier molecular flexibility index (Phi) is 6.68. The molecule has 0 radical (unpaired) electrons. The van der Waals surface area contributed by atoms with Gasteiger partial charge in [0, 0.05) is 18.0 Å². The number of alkyl halides is 3. The molecule has 1 aliphatic rings. The van der Waals surface area contributed by atoms with Crippen molar-refractivity contribution in [1.82, 2.24) is 5.32 Å². The minimum atomic E-state index is -4.58. The molecule has 7 heteroatoms. The Morgan fingerprint density at radius 1 is 1.26 bits per heavy atom. The number of hydrogen-bond acceptors (Lipinski definition) is 3. The molecule has 1 atom stereocenters. The smallest absolute Gasteiger partial charge is 0.416 e. The fraction of sp³-hybridized carbons (Fsp3) is 0.500. The van der Waals surface area contributed by atoms with E-state index in [0.717, 1.165) is 18.9 Å². The number of carbonyl (C=O) groups excluding carboxylic acids is 2. The number of benzene rings is 1. The number of hydrogen-bond donors (Lipinski definition) is 1. The highest BCUT2D eigenvalue weighted by atomic mass is 19.4.